The van der Waals surface area contributed by atoms with Crippen molar-refractivity contribution < 1.29 is 14.3 Å². The van der Waals surface area contributed by atoms with E-state index in [1.807, 2.05) is 13.8 Å². The Hall–Kier alpha value is -1.12. The maximum atomic E-state index is 12.2. The molecule has 0 fully saturated rings. The van der Waals surface area contributed by atoms with Crippen LogP contribution in [0.15, 0.2) is 11.3 Å². The number of Topliss-reactive ketones (excluding diaryl/α,β-unsaturated/α-hetero) is 1. The van der Waals surface area contributed by atoms with Crippen molar-refractivity contribution in [3.8, 4) is 0 Å². The van der Waals surface area contributed by atoms with Crippen LogP contribution in [0.5, 0.6) is 0 Å². The number of ketones is 1. The molecular formula is C14H20O3. The van der Waals surface area contributed by atoms with Gasteiger partial charge in [0.2, 0.25) is 0 Å². The van der Waals surface area contributed by atoms with Crippen molar-refractivity contribution in [2.75, 3.05) is 0 Å². The van der Waals surface area contributed by atoms with Crippen molar-refractivity contribution in [2.45, 2.75) is 47.0 Å². The number of ether oxygens (including phenoxy) is 1. The quantitative estimate of drug-likeness (QED) is 0.657. The molecule has 1 atom stereocenters. The lowest BCUT2D eigenvalue weighted by molar-refractivity contribution is -0.144. The maximum absolute atomic E-state index is 12.2. The molecule has 0 bridgehead atoms. The smallest absolute Gasteiger partial charge is 0.311 e. The van der Waals surface area contributed by atoms with Crippen LogP contribution in [0.1, 0.15) is 47.0 Å². The van der Waals surface area contributed by atoms with Gasteiger partial charge < -0.3 is 4.74 Å². The first-order valence-corrected chi connectivity index (χ1v) is 6.27. The third kappa shape index (κ3) is 2.28. The predicted molar refractivity (Wildman–Crippen MR) is 64.1 cm³/mol. The van der Waals surface area contributed by atoms with Crippen LogP contribution in [0.3, 0.4) is 0 Å². The van der Waals surface area contributed by atoms with Gasteiger partial charge in [-0.1, -0.05) is 27.7 Å². The van der Waals surface area contributed by atoms with Crippen molar-refractivity contribution in [1.82, 2.24) is 0 Å². The van der Waals surface area contributed by atoms with E-state index in [2.05, 4.69) is 13.8 Å². The Morgan fingerprint density at radius 2 is 1.88 bits per heavy atom. The molecule has 1 aliphatic heterocycles. The molecule has 2 rings (SSSR count). The van der Waals surface area contributed by atoms with E-state index in [1.54, 1.807) is 0 Å². The van der Waals surface area contributed by atoms with E-state index < -0.39 is 0 Å². The van der Waals surface area contributed by atoms with E-state index in [0.717, 1.165) is 5.57 Å². The van der Waals surface area contributed by atoms with Gasteiger partial charge in [-0.15, -0.1) is 0 Å². The van der Waals surface area contributed by atoms with Crippen LogP contribution in [0, 0.1) is 17.3 Å². The summed E-state index contributed by atoms with van der Waals surface area (Å²) in [7, 11) is 0. The topological polar surface area (TPSA) is 43.4 Å². The Labute approximate surface area is 102 Å². The molecule has 0 radical (unpaired) electrons. The Morgan fingerprint density at radius 1 is 1.24 bits per heavy atom. The van der Waals surface area contributed by atoms with E-state index in [0.29, 0.717) is 30.9 Å². The van der Waals surface area contributed by atoms with Gasteiger partial charge in [0.15, 0.2) is 5.78 Å². The average Bonchev–Trinajstić information content (AvgIpc) is 2.12. The van der Waals surface area contributed by atoms with E-state index in [9.17, 15) is 9.59 Å². The zero-order valence-electron chi connectivity index (χ0n) is 11.0. The van der Waals surface area contributed by atoms with Crippen LogP contribution in [-0.2, 0) is 14.3 Å². The molecule has 2 aliphatic rings. The minimum atomic E-state index is -0.187. The van der Waals surface area contributed by atoms with Gasteiger partial charge in [0.1, 0.15) is 5.76 Å². The summed E-state index contributed by atoms with van der Waals surface area (Å²) in [5.74, 6) is 0.976. The van der Waals surface area contributed by atoms with Gasteiger partial charge in [-0.2, -0.15) is 0 Å². The van der Waals surface area contributed by atoms with E-state index in [4.69, 9.17) is 4.74 Å². The van der Waals surface area contributed by atoms with Crippen molar-refractivity contribution in [3.05, 3.63) is 11.3 Å². The highest BCUT2D eigenvalue weighted by atomic mass is 16.5. The zero-order chi connectivity index (χ0) is 12.8. The van der Waals surface area contributed by atoms with Gasteiger partial charge in [0.05, 0.1) is 6.42 Å². The molecule has 0 spiro atoms. The highest BCUT2D eigenvalue weighted by Crippen LogP contribution is 2.44. The Bertz CT molecular complexity index is 402. The third-order valence-electron chi connectivity index (χ3n) is 3.68. The molecule has 0 saturated heterocycles. The summed E-state index contributed by atoms with van der Waals surface area (Å²) in [5.41, 5.74) is 0.702. The zero-order valence-corrected chi connectivity index (χ0v) is 11.0. The highest BCUT2D eigenvalue weighted by Gasteiger charge is 2.42. The average molecular weight is 236 g/mol. The molecule has 1 heterocycles. The SMILES string of the molecule is CC(C)C1CC(=O)OC2=C1C(=O)CC(C)(C)C2. The minimum Gasteiger partial charge on any atom is -0.431 e. The number of hydrogen-bond donors (Lipinski definition) is 0. The second kappa shape index (κ2) is 3.97. The standard InChI is InChI=1S/C14H20O3/c1-8(2)9-5-12(16)17-11-7-14(3,4)6-10(15)13(9)11/h8-9H,5-7H2,1-4H3. The Balaban J connectivity index is 2.43. The van der Waals surface area contributed by atoms with Gasteiger partial charge in [-0.3, -0.25) is 9.59 Å². The largest absolute Gasteiger partial charge is 0.431 e. The molecule has 0 aromatic heterocycles. The van der Waals surface area contributed by atoms with Crippen molar-refractivity contribution in [3.63, 3.8) is 0 Å². The normalized spacial score (nSPS) is 28.2. The number of carbonyl (C=O) groups is 2. The fraction of sp³-hybridized carbons (Fsp3) is 0.714. The van der Waals surface area contributed by atoms with Gasteiger partial charge in [-0.25, -0.2) is 0 Å². The summed E-state index contributed by atoms with van der Waals surface area (Å²) in [4.78, 5) is 23.8. The molecule has 0 saturated carbocycles. The van der Waals surface area contributed by atoms with Gasteiger partial charge in [0, 0.05) is 24.3 Å². The fourth-order valence-electron chi connectivity index (χ4n) is 2.81. The maximum Gasteiger partial charge on any atom is 0.311 e. The lowest BCUT2D eigenvalue weighted by atomic mass is 9.70. The number of rotatable bonds is 1. The minimum absolute atomic E-state index is 0.0508. The third-order valence-corrected chi connectivity index (χ3v) is 3.68. The summed E-state index contributed by atoms with van der Waals surface area (Å²) in [5, 5.41) is 0. The molecule has 3 nitrogen and oxygen atoms in total. The summed E-state index contributed by atoms with van der Waals surface area (Å²) < 4.78 is 5.30. The second-order valence-electron chi connectivity index (χ2n) is 6.31. The first-order valence-electron chi connectivity index (χ1n) is 6.27. The number of carbonyl (C=O) groups excluding carboxylic acids is 2. The van der Waals surface area contributed by atoms with Crippen LogP contribution in [-0.4, -0.2) is 11.8 Å². The summed E-state index contributed by atoms with van der Waals surface area (Å²) >= 11 is 0. The second-order valence-corrected chi connectivity index (χ2v) is 6.31. The molecule has 1 aliphatic carbocycles. The van der Waals surface area contributed by atoms with Crippen LogP contribution >= 0.6 is 0 Å². The predicted octanol–water partition coefficient (Wildman–Crippen LogP) is 2.85. The van der Waals surface area contributed by atoms with Gasteiger partial charge in [0.25, 0.3) is 0 Å². The van der Waals surface area contributed by atoms with E-state index in [1.165, 1.54) is 0 Å². The molecule has 1 unspecified atom stereocenters. The van der Waals surface area contributed by atoms with Crippen molar-refractivity contribution >= 4 is 11.8 Å². The number of esters is 1. The lowest BCUT2D eigenvalue weighted by Gasteiger charge is -2.37. The molecule has 0 N–H and O–H groups in total. The summed E-state index contributed by atoms with van der Waals surface area (Å²) in [6.45, 7) is 8.20. The van der Waals surface area contributed by atoms with Crippen molar-refractivity contribution in [1.29, 1.82) is 0 Å². The first-order chi connectivity index (χ1) is 7.80. The fourth-order valence-corrected chi connectivity index (χ4v) is 2.81. The van der Waals surface area contributed by atoms with Crippen molar-refractivity contribution in [2.24, 2.45) is 17.3 Å². The molecule has 0 aromatic rings. The molecule has 94 valence electrons. The lowest BCUT2D eigenvalue weighted by Crippen LogP contribution is -2.36. The van der Waals surface area contributed by atoms with Gasteiger partial charge in [-0.05, 0) is 11.3 Å². The molecule has 0 amide bonds. The number of allylic oxidation sites excluding steroid dienone is 2. The monoisotopic (exact) mass is 236 g/mol. The number of hydrogen-bond acceptors (Lipinski definition) is 3. The Kier molecular flexibility index (Phi) is 2.88. The summed E-state index contributed by atoms with van der Waals surface area (Å²) in [6.07, 6.45) is 1.61. The summed E-state index contributed by atoms with van der Waals surface area (Å²) in [6, 6.07) is 0. The molecular weight excluding hydrogens is 216 g/mol. The van der Waals surface area contributed by atoms with E-state index >= 15 is 0 Å². The molecule has 3 heteroatoms. The Morgan fingerprint density at radius 3 is 2.47 bits per heavy atom. The first kappa shape index (κ1) is 12.3. The molecule has 17 heavy (non-hydrogen) atoms. The van der Waals surface area contributed by atoms with Crippen LogP contribution in [0.25, 0.3) is 0 Å². The van der Waals surface area contributed by atoms with Crippen LogP contribution < -0.4 is 0 Å². The van der Waals surface area contributed by atoms with Crippen LogP contribution in [0.2, 0.25) is 0 Å². The molecule has 0 aromatic carbocycles. The van der Waals surface area contributed by atoms with E-state index in [-0.39, 0.29) is 23.1 Å². The van der Waals surface area contributed by atoms with Gasteiger partial charge >= 0.3 is 5.97 Å². The highest BCUT2D eigenvalue weighted by molar-refractivity contribution is 5.99. The van der Waals surface area contributed by atoms with Crippen LogP contribution in [0.4, 0.5) is 0 Å².